The van der Waals surface area contributed by atoms with E-state index in [-0.39, 0.29) is 12.4 Å². The second-order valence-electron chi connectivity index (χ2n) is 7.32. The molecule has 0 amide bonds. The van der Waals surface area contributed by atoms with Crippen LogP contribution in [0.25, 0.3) is 0 Å². The van der Waals surface area contributed by atoms with E-state index in [1.165, 1.54) is 77.1 Å². The number of halogens is 1. The molecule has 0 spiro atoms. The van der Waals surface area contributed by atoms with Crippen molar-refractivity contribution in [3.05, 3.63) is 29.8 Å². The minimum absolute atomic E-state index is 0. The highest BCUT2D eigenvalue weighted by Crippen LogP contribution is 2.32. The number of nitrogens with one attached hydrogen (secondary N) is 1. The summed E-state index contributed by atoms with van der Waals surface area (Å²) in [5.41, 5.74) is 3.07. The van der Waals surface area contributed by atoms with Crippen molar-refractivity contribution in [3.63, 3.8) is 0 Å². The van der Waals surface area contributed by atoms with Crippen LogP contribution >= 0.6 is 12.4 Å². The summed E-state index contributed by atoms with van der Waals surface area (Å²) < 4.78 is 0. The molecular weight excluding hydrogens is 306 g/mol. The predicted molar refractivity (Wildman–Crippen MR) is 99.8 cm³/mol. The van der Waals surface area contributed by atoms with Gasteiger partial charge in [0.2, 0.25) is 0 Å². The molecule has 1 aromatic carbocycles. The van der Waals surface area contributed by atoms with Crippen molar-refractivity contribution >= 4 is 18.1 Å². The molecule has 1 aromatic rings. The Kier molecular flexibility index (Phi) is 5.84. The summed E-state index contributed by atoms with van der Waals surface area (Å²) in [6.07, 6.45) is 6.71. The lowest BCUT2D eigenvalue weighted by molar-refractivity contribution is 0.168. The van der Waals surface area contributed by atoms with Crippen molar-refractivity contribution < 1.29 is 0 Å². The Labute approximate surface area is 146 Å². The highest BCUT2D eigenvalue weighted by molar-refractivity contribution is 5.85. The SMILES string of the molecule is Cl.c1ccc2c(c1)CCN2C1CCN(CC2CCCNC2)CC1. The first-order chi connectivity index (χ1) is 10.9. The van der Waals surface area contributed by atoms with Crippen LogP contribution in [0.1, 0.15) is 31.2 Å². The van der Waals surface area contributed by atoms with Crippen LogP contribution in [0, 0.1) is 5.92 Å². The minimum atomic E-state index is 0. The van der Waals surface area contributed by atoms with Gasteiger partial charge in [0.25, 0.3) is 0 Å². The number of benzene rings is 1. The summed E-state index contributed by atoms with van der Waals surface area (Å²) in [4.78, 5) is 5.41. The van der Waals surface area contributed by atoms with E-state index in [4.69, 9.17) is 0 Å². The maximum Gasteiger partial charge on any atom is 0.0402 e. The van der Waals surface area contributed by atoms with Gasteiger partial charge in [-0.15, -0.1) is 12.4 Å². The van der Waals surface area contributed by atoms with Gasteiger partial charge in [0.05, 0.1) is 0 Å². The van der Waals surface area contributed by atoms with Crippen molar-refractivity contribution in [1.29, 1.82) is 0 Å². The average molecular weight is 336 g/mol. The van der Waals surface area contributed by atoms with E-state index in [1.807, 2.05) is 0 Å². The first kappa shape index (κ1) is 17.1. The normalized spacial score (nSPS) is 25.9. The van der Waals surface area contributed by atoms with E-state index in [0.717, 1.165) is 12.0 Å². The highest BCUT2D eigenvalue weighted by atomic mass is 35.5. The minimum Gasteiger partial charge on any atom is -0.368 e. The summed E-state index contributed by atoms with van der Waals surface area (Å²) in [7, 11) is 0. The lowest BCUT2D eigenvalue weighted by Gasteiger charge is -2.39. The van der Waals surface area contributed by atoms with Crippen LogP contribution in [0.3, 0.4) is 0 Å². The Morgan fingerprint density at radius 2 is 1.87 bits per heavy atom. The summed E-state index contributed by atoms with van der Waals surface area (Å²) in [5, 5.41) is 3.55. The second-order valence-corrected chi connectivity index (χ2v) is 7.32. The Bertz CT molecular complexity index is 493. The van der Waals surface area contributed by atoms with Crippen LogP contribution < -0.4 is 10.2 Å². The van der Waals surface area contributed by atoms with Gasteiger partial charge in [-0.05, 0) is 62.7 Å². The fourth-order valence-corrected chi connectivity index (χ4v) is 4.60. The van der Waals surface area contributed by atoms with Crippen LogP contribution in [-0.4, -0.2) is 50.2 Å². The van der Waals surface area contributed by atoms with Gasteiger partial charge in [0, 0.05) is 37.9 Å². The molecule has 0 bridgehead atoms. The van der Waals surface area contributed by atoms with E-state index in [0.29, 0.717) is 0 Å². The zero-order valence-electron chi connectivity index (χ0n) is 14.0. The largest absolute Gasteiger partial charge is 0.368 e. The van der Waals surface area contributed by atoms with Crippen LogP contribution in [-0.2, 0) is 6.42 Å². The summed E-state index contributed by atoms with van der Waals surface area (Å²) in [6.45, 7) is 7.60. The molecule has 0 aromatic heterocycles. The molecule has 3 aliphatic heterocycles. The first-order valence-electron chi connectivity index (χ1n) is 9.18. The summed E-state index contributed by atoms with van der Waals surface area (Å²) >= 11 is 0. The number of piperidine rings is 2. The molecule has 23 heavy (non-hydrogen) atoms. The van der Waals surface area contributed by atoms with Gasteiger partial charge < -0.3 is 15.1 Å². The lowest BCUT2D eigenvalue weighted by Crippen LogP contribution is -2.47. The molecule has 4 heteroatoms. The molecule has 2 saturated heterocycles. The molecule has 3 nitrogen and oxygen atoms in total. The second kappa shape index (κ2) is 7.87. The highest BCUT2D eigenvalue weighted by Gasteiger charge is 2.29. The quantitative estimate of drug-likeness (QED) is 0.916. The maximum atomic E-state index is 3.55. The molecule has 3 heterocycles. The van der Waals surface area contributed by atoms with Gasteiger partial charge in [-0.3, -0.25) is 0 Å². The molecule has 3 aliphatic rings. The summed E-state index contributed by atoms with van der Waals surface area (Å²) in [6, 6.07) is 9.78. The molecule has 1 atom stereocenters. The maximum absolute atomic E-state index is 3.55. The monoisotopic (exact) mass is 335 g/mol. The number of para-hydroxylation sites is 1. The van der Waals surface area contributed by atoms with Crippen molar-refractivity contribution in [1.82, 2.24) is 10.2 Å². The van der Waals surface area contributed by atoms with Gasteiger partial charge in [-0.2, -0.15) is 0 Å². The molecule has 4 rings (SSSR count). The van der Waals surface area contributed by atoms with Crippen molar-refractivity contribution in [2.45, 2.75) is 38.1 Å². The van der Waals surface area contributed by atoms with Crippen molar-refractivity contribution in [2.75, 3.05) is 44.2 Å². The molecule has 2 fully saturated rings. The third kappa shape index (κ3) is 3.84. The Balaban J connectivity index is 0.00000156. The predicted octanol–water partition coefficient (Wildman–Crippen LogP) is 2.93. The van der Waals surface area contributed by atoms with E-state index < -0.39 is 0 Å². The van der Waals surface area contributed by atoms with E-state index in [1.54, 1.807) is 5.56 Å². The van der Waals surface area contributed by atoms with Crippen LogP contribution in [0.15, 0.2) is 24.3 Å². The van der Waals surface area contributed by atoms with Gasteiger partial charge in [-0.25, -0.2) is 0 Å². The third-order valence-corrected chi connectivity index (χ3v) is 5.84. The first-order valence-corrected chi connectivity index (χ1v) is 9.18. The molecule has 0 radical (unpaired) electrons. The Morgan fingerprint density at radius 1 is 1.04 bits per heavy atom. The van der Waals surface area contributed by atoms with Crippen molar-refractivity contribution in [3.8, 4) is 0 Å². The van der Waals surface area contributed by atoms with Crippen LogP contribution in [0.4, 0.5) is 5.69 Å². The number of hydrogen-bond acceptors (Lipinski definition) is 3. The number of fused-ring (bicyclic) bond motifs is 1. The zero-order valence-corrected chi connectivity index (χ0v) is 14.9. The fourth-order valence-electron chi connectivity index (χ4n) is 4.60. The molecule has 1 N–H and O–H groups in total. The van der Waals surface area contributed by atoms with Crippen LogP contribution in [0.2, 0.25) is 0 Å². The topological polar surface area (TPSA) is 18.5 Å². The number of hydrogen-bond donors (Lipinski definition) is 1. The fraction of sp³-hybridized carbons (Fsp3) is 0.684. The molecule has 0 saturated carbocycles. The van der Waals surface area contributed by atoms with Gasteiger partial charge >= 0.3 is 0 Å². The molecule has 128 valence electrons. The number of anilines is 1. The Hall–Kier alpha value is -0.770. The number of likely N-dealkylation sites (tertiary alicyclic amines) is 1. The molecule has 0 aliphatic carbocycles. The summed E-state index contributed by atoms with van der Waals surface area (Å²) in [5.74, 6) is 0.887. The molecular formula is C19H30ClN3. The van der Waals surface area contributed by atoms with E-state index in [2.05, 4.69) is 39.4 Å². The third-order valence-electron chi connectivity index (χ3n) is 5.84. The number of rotatable bonds is 3. The standard InChI is InChI=1S/C19H29N3.ClH/c1-2-6-19-17(5-1)7-13-22(19)18-8-11-21(12-9-18)15-16-4-3-10-20-14-16;/h1-2,5-6,16,18,20H,3-4,7-15H2;1H. The zero-order chi connectivity index (χ0) is 14.8. The van der Waals surface area contributed by atoms with Gasteiger partial charge in [0.1, 0.15) is 0 Å². The smallest absolute Gasteiger partial charge is 0.0402 e. The molecule has 1 unspecified atom stereocenters. The van der Waals surface area contributed by atoms with Crippen LogP contribution in [0.5, 0.6) is 0 Å². The Morgan fingerprint density at radius 3 is 2.65 bits per heavy atom. The lowest BCUT2D eigenvalue weighted by atomic mass is 9.96. The van der Waals surface area contributed by atoms with Crippen molar-refractivity contribution in [2.24, 2.45) is 5.92 Å². The average Bonchev–Trinajstić information content (AvgIpc) is 3.01. The van der Waals surface area contributed by atoms with Gasteiger partial charge in [-0.1, -0.05) is 18.2 Å². The number of nitrogens with zero attached hydrogens (tertiary/aromatic N) is 2. The van der Waals surface area contributed by atoms with E-state index in [9.17, 15) is 0 Å². The van der Waals surface area contributed by atoms with E-state index >= 15 is 0 Å². The van der Waals surface area contributed by atoms with Gasteiger partial charge in [0.15, 0.2) is 0 Å².